The van der Waals surface area contributed by atoms with Crippen LogP contribution >= 0.6 is 22.7 Å². The van der Waals surface area contributed by atoms with Gasteiger partial charge in [0.05, 0.1) is 15.6 Å². The number of rotatable bonds is 4. The van der Waals surface area contributed by atoms with Gasteiger partial charge in [-0.05, 0) is 25.4 Å². The third-order valence-corrected chi connectivity index (χ3v) is 4.58. The zero-order valence-electron chi connectivity index (χ0n) is 9.78. The van der Waals surface area contributed by atoms with Crippen LogP contribution in [0.4, 0.5) is 0 Å². The Kier molecular flexibility index (Phi) is 3.74. The minimum atomic E-state index is 0.488. The summed E-state index contributed by atoms with van der Waals surface area (Å²) in [5, 5.41) is 6.53. The molecule has 0 bridgehead atoms. The fraction of sp³-hybridized carbons (Fsp3) is 0.417. The van der Waals surface area contributed by atoms with Crippen LogP contribution in [0.25, 0.3) is 10.6 Å². The van der Waals surface area contributed by atoms with Crippen LogP contribution in [0.3, 0.4) is 0 Å². The van der Waals surface area contributed by atoms with E-state index in [-0.39, 0.29) is 0 Å². The number of hydrogen-bond donors (Lipinski definition) is 1. The summed E-state index contributed by atoms with van der Waals surface area (Å²) in [6.07, 6.45) is 0. The maximum atomic E-state index is 4.76. The van der Waals surface area contributed by atoms with Gasteiger partial charge in [-0.15, -0.1) is 22.7 Å². The molecule has 2 rings (SSSR count). The van der Waals surface area contributed by atoms with Gasteiger partial charge >= 0.3 is 0 Å². The molecular weight excluding hydrogens is 236 g/mol. The fourth-order valence-electron chi connectivity index (χ4n) is 1.66. The quantitative estimate of drug-likeness (QED) is 0.901. The number of aromatic nitrogens is 1. The van der Waals surface area contributed by atoms with Gasteiger partial charge in [0.25, 0.3) is 0 Å². The molecule has 0 fully saturated rings. The van der Waals surface area contributed by atoms with Crippen molar-refractivity contribution in [1.82, 2.24) is 10.3 Å². The summed E-state index contributed by atoms with van der Waals surface area (Å²) < 4.78 is 0. The van der Waals surface area contributed by atoms with E-state index in [1.54, 1.807) is 11.3 Å². The van der Waals surface area contributed by atoms with Crippen LogP contribution in [0.2, 0.25) is 0 Å². The van der Waals surface area contributed by atoms with Crippen molar-refractivity contribution in [3.63, 3.8) is 0 Å². The minimum absolute atomic E-state index is 0.488. The van der Waals surface area contributed by atoms with Gasteiger partial charge in [-0.3, -0.25) is 0 Å². The van der Waals surface area contributed by atoms with Gasteiger partial charge in [-0.2, -0.15) is 0 Å². The molecule has 0 saturated carbocycles. The predicted molar refractivity (Wildman–Crippen MR) is 72.5 cm³/mol. The Hall–Kier alpha value is -0.710. The highest BCUT2D eigenvalue weighted by atomic mass is 32.1. The highest BCUT2D eigenvalue weighted by molar-refractivity contribution is 7.15. The molecule has 1 unspecified atom stereocenters. The molecule has 0 aliphatic carbocycles. The molecule has 2 aromatic heterocycles. The van der Waals surface area contributed by atoms with Crippen molar-refractivity contribution in [2.75, 3.05) is 13.6 Å². The van der Waals surface area contributed by atoms with Crippen LogP contribution in [0.1, 0.15) is 22.7 Å². The van der Waals surface area contributed by atoms with E-state index in [0.29, 0.717) is 5.92 Å². The number of aryl methyl sites for hydroxylation is 1. The lowest BCUT2D eigenvalue weighted by Crippen LogP contribution is -2.14. The second-order valence-corrected chi connectivity index (χ2v) is 6.08. The second-order valence-electron chi connectivity index (χ2n) is 3.89. The third kappa shape index (κ3) is 2.34. The highest BCUT2D eigenvalue weighted by Crippen LogP contribution is 2.33. The summed E-state index contributed by atoms with van der Waals surface area (Å²) in [5.41, 5.74) is 1.16. The number of nitrogens with zero attached hydrogens (tertiary/aromatic N) is 1. The average Bonchev–Trinajstić information content (AvgIpc) is 2.86. The molecule has 0 aliphatic rings. The zero-order chi connectivity index (χ0) is 11.5. The van der Waals surface area contributed by atoms with E-state index >= 15 is 0 Å². The molecule has 2 nitrogen and oxygen atoms in total. The fourth-order valence-corrected chi connectivity index (χ4v) is 3.49. The van der Waals surface area contributed by atoms with Crippen LogP contribution < -0.4 is 5.32 Å². The Morgan fingerprint density at radius 2 is 2.31 bits per heavy atom. The van der Waals surface area contributed by atoms with Crippen molar-refractivity contribution in [3.05, 3.63) is 27.4 Å². The van der Waals surface area contributed by atoms with E-state index < -0.39 is 0 Å². The van der Waals surface area contributed by atoms with E-state index in [9.17, 15) is 0 Å². The predicted octanol–water partition coefficient (Wildman–Crippen LogP) is 3.50. The third-order valence-electron chi connectivity index (χ3n) is 2.50. The van der Waals surface area contributed by atoms with Gasteiger partial charge < -0.3 is 5.32 Å². The molecule has 0 spiro atoms. The Bertz CT molecular complexity index is 446. The van der Waals surface area contributed by atoms with Crippen LogP contribution in [0.5, 0.6) is 0 Å². The number of likely N-dealkylation sites (N-methyl/N-ethyl adjacent to an activating group) is 1. The normalized spacial score (nSPS) is 12.9. The summed E-state index contributed by atoms with van der Waals surface area (Å²) in [4.78, 5) is 7.35. The summed E-state index contributed by atoms with van der Waals surface area (Å²) >= 11 is 3.57. The molecule has 0 amide bonds. The van der Waals surface area contributed by atoms with Crippen LogP contribution in [0.15, 0.2) is 17.5 Å². The van der Waals surface area contributed by atoms with Crippen molar-refractivity contribution < 1.29 is 0 Å². The summed E-state index contributed by atoms with van der Waals surface area (Å²) in [6, 6.07) is 4.22. The van der Waals surface area contributed by atoms with Gasteiger partial charge in [0.15, 0.2) is 0 Å². The van der Waals surface area contributed by atoms with Crippen molar-refractivity contribution in [1.29, 1.82) is 0 Å². The van der Waals surface area contributed by atoms with Gasteiger partial charge in [0.2, 0.25) is 0 Å². The molecule has 1 N–H and O–H groups in total. The SMILES string of the molecule is CNCC(C)c1nc(-c2cccs2)c(C)s1. The number of nitrogens with one attached hydrogen (secondary N) is 1. The highest BCUT2D eigenvalue weighted by Gasteiger charge is 2.14. The smallest absolute Gasteiger partial charge is 0.0976 e. The number of hydrogen-bond acceptors (Lipinski definition) is 4. The van der Waals surface area contributed by atoms with Gasteiger partial charge in [-0.25, -0.2) is 4.98 Å². The maximum absolute atomic E-state index is 4.76. The first-order chi connectivity index (χ1) is 7.72. The molecule has 0 aromatic carbocycles. The topological polar surface area (TPSA) is 24.9 Å². The maximum Gasteiger partial charge on any atom is 0.0976 e. The lowest BCUT2D eigenvalue weighted by Gasteiger charge is -2.05. The van der Waals surface area contributed by atoms with Crippen LogP contribution in [-0.2, 0) is 0 Å². The van der Waals surface area contributed by atoms with Gasteiger partial charge in [0.1, 0.15) is 0 Å². The van der Waals surface area contributed by atoms with E-state index in [4.69, 9.17) is 4.98 Å². The zero-order valence-corrected chi connectivity index (χ0v) is 11.4. The molecule has 16 heavy (non-hydrogen) atoms. The lowest BCUT2D eigenvalue weighted by molar-refractivity contribution is 0.674. The van der Waals surface area contributed by atoms with Crippen molar-refractivity contribution in [2.24, 2.45) is 0 Å². The molecule has 0 saturated heterocycles. The van der Waals surface area contributed by atoms with E-state index in [1.807, 2.05) is 18.4 Å². The lowest BCUT2D eigenvalue weighted by atomic mass is 10.2. The number of thiophene rings is 1. The van der Waals surface area contributed by atoms with Crippen LogP contribution in [0, 0.1) is 6.92 Å². The molecule has 1 atom stereocenters. The Balaban J connectivity index is 2.29. The van der Waals surface area contributed by atoms with Gasteiger partial charge in [0, 0.05) is 17.3 Å². The Labute approximate surface area is 104 Å². The average molecular weight is 252 g/mol. The van der Waals surface area contributed by atoms with Crippen molar-refractivity contribution >= 4 is 22.7 Å². The molecular formula is C12H16N2S2. The van der Waals surface area contributed by atoms with E-state index in [1.165, 1.54) is 14.8 Å². The molecule has 86 valence electrons. The summed E-state index contributed by atoms with van der Waals surface area (Å²) in [6.45, 7) is 5.35. The number of thiazole rings is 1. The summed E-state index contributed by atoms with van der Waals surface area (Å²) in [7, 11) is 1.98. The molecule has 4 heteroatoms. The van der Waals surface area contributed by atoms with E-state index in [0.717, 1.165) is 12.2 Å². The molecule has 2 heterocycles. The first-order valence-corrected chi connectivity index (χ1v) is 7.07. The Morgan fingerprint density at radius 3 is 2.94 bits per heavy atom. The second kappa shape index (κ2) is 5.08. The van der Waals surface area contributed by atoms with Gasteiger partial charge in [-0.1, -0.05) is 13.0 Å². The standard InChI is InChI=1S/C12H16N2S2/c1-8(7-13-3)12-14-11(9(2)16-12)10-5-4-6-15-10/h4-6,8,13H,7H2,1-3H3. The molecule has 0 aliphatic heterocycles. The van der Waals surface area contributed by atoms with Crippen LogP contribution in [-0.4, -0.2) is 18.6 Å². The first kappa shape index (κ1) is 11.8. The first-order valence-electron chi connectivity index (χ1n) is 5.38. The van der Waals surface area contributed by atoms with Crippen molar-refractivity contribution in [2.45, 2.75) is 19.8 Å². The largest absolute Gasteiger partial charge is 0.319 e. The molecule has 0 radical (unpaired) electrons. The van der Waals surface area contributed by atoms with Crippen molar-refractivity contribution in [3.8, 4) is 10.6 Å². The summed E-state index contributed by atoms with van der Waals surface area (Å²) in [5.74, 6) is 0.488. The Morgan fingerprint density at radius 1 is 1.50 bits per heavy atom. The van der Waals surface area contributed by atoms with E-state index in [2.05, 4.69) is 36.7 Å². The monoisotopic (exact) mass is 252 g/mol. The molecule has 2 aromatic rings. The minimum Gasteiger partial charge on any atom is -0.319 e.